The van der Waals surface area contributed by atoms with Gasteiger partial charge in [-0.2, -0.15) is 13.5 Å². The van der Waals surface area contributed by atoms with Gasteiger partial charge in [-0.05, 0) is 12.5 Å². The van der Waals surface area contributed by atoms with Gasteiger partial charge in [0.05, 0.1) is 17.5 Å². The Kier molecular flexibility index (Phi) is 8.32. The first-order valence-electron chi connectivity index (χ1n) is 7.56. The van der Waals surface area contributed by atoms with Gasteiger partial charge in [0.1, 0.15) is 0 Å². The molecule has 148 valence electrons. The van der Waals surface area contributed by atoms with Crippen molar-refractivity contribution < 1.29 is 22.3 Å². The van der Waals surface area contributed by atoms with Crippen LogP contribution in [-0.4, -0.2) is 52.7 Å². The quantitative estimate of drug-likeness (QED) is 0.145. The van der Waals surface area contributed by atoms with Crippen LogP contribution < -0.4 is 22.3 Å². The predicted molar refractivity (Wildman–Crippen MR) is 98.5 cm³/mol. The van der Waals surface area contributed by atoms with Gasteiger partial charge in [0, 0.05) is 18.5 Å². The number of hydrogen-bond donors (Lipinski definition) is 6. The van der Waals surface area contributed by atoms with E-state index in [1.165, 1.54) is 0 Å². The maximum Gasteiger partial charge on any atom is 0.394 e. The third kappa shape index (κ3) is 9.29. The zero-order valence-corrected chi connectivity index (χ0v) is 14.9. The topological polar surface area (TPSA) is 214 Å². The molecular weight excluding hydrogens is 380 g/mol. The molecule has 27 heavy (non-hydrogen) atoms. The molecule has 1 aromatic heterocycles. The normalized spacial score (nSPS) is 10.6. The number of benzene rings is 1. The van der Waals surface area contributed by atoms with E-state index in [1.807, 2.05) is 0 Å². The second-order valence-electron chi connectivity index (χ2n) is 5.18. The Labute approximate surface area is 154 Å². The van der Waals surface area contributed by atoms with E-state index in [-0.39, 0.29) is 23.8 Å². The molecule has 8 N–H and O–H groups in total. The molecule has 12 nitrogen and oxygen atoms in total. The molecule has 1 heterocycles. The maximum atomic E-state index is 11.9. The SMILES string of the molecule is NC(N)=NCCCNC(=O)Cc1n[nH]c(=O)c2ccccc12.O=S(=O)(O)O. The van der Waals surface area contributed by atoms with Gasteiger partial charge in [-0.3, -0.25) is 23.7 Å². The minimum atomic E-state index is -4.67. The Hall–Kier alpha value is -3.03. The standard InChI is InChI=1S/C14H18N6O2.H2O4S/c15-14(16)18-7-3-6-17-12(21)8-11-9-4-1-2-5-10(9)13(22)20-19-11;1-5(2,3)4/h1-2,4-5H,3,6-8H2,(H,17,21)(H,20,22)(H4,15,16,18);(H2,1,2,3,4). The first-order chi connectivity index (χ1) is 12.6. The summed E-state index contributed by atoms with van der Waals surface area (Å²) < 4.78 is 31.6. The predicted octanol–water partition coefficient (Wildman–Crippen LogP) is -1.41. The van der Waals surface area contributed by atoms with E-state index in [0.717, 1.165) is 0 Å². The molecule has 0 aliphatic heterocycles. The number of nitrogens with two attached hydrogens (primary N) is 2. The molecule has 0 unspecified atom stereocenters. The number of hydrogen-bond acceptors (Lipinski definition) is 6. The lowest BCUT2D eigenvalue weighted by Crippen LogP contribution is -2.28. The number of aromatic amines is 1. The number of guanidine groups is 1. The van der Waals surface area contributed by atoms with Crippen molar-refractivity contribution in [1.29, 1.82) is 0 Å². The molecule has 0 bridgehead atoms. The van der Waals surface area contributed by atoms with Gasteiger partial charge < -0.3 is 16.8 Å². The van der Waals surface area contributed by atoms with E-state index in [2.05, 4.69) is 20.5 Å². The van der Waals surface area contributed by atoms with E-state index >= 15 is 0 Å². The highest BCUT2D eigenvalue weighted by molar-refractivity contribution is 7.79. The number of rotatable bonds is 6. The average molecular weight is 400 g/mol. The Morgan fingerprint density at radius 3 is 2.41 bits per heavy atom. The Bertz CT molecular complexity index is 959. The molecule has 0 atom stereocenters. The van der Waals surface area contributed by atoms with E-state index in [0.29, 0.717) is 36.0 Å². The molecule has 1 amide bonds. The van der Waals surface area contributed by atoms with Crippen LogP contribution in [0.2, 0.25) is 0 Å². The highest BCUT2D eigenvalue weighted by Gasteiger charge is 2.10. The van der Waals surface area contributed by atoms with Crippen molar-refractivity contribution in [2.24, 2.45) is 16.5 Å². The molecule has 0 aliphatic rings. The van der Waals surface area contributed by atoms with Crippen LogP contribution in [-0.2, 0) is 21.6 Å². The number of H-pyrrole nitrogens is 1. The molecule has 0 radical (unpaired) electrons. The van der Waals surface area contributed by atoms with Crippen LogP contribution in [0.5, 0.6) is 0 Å². The number of carbonyl (C=O) groups is 1. The molecule has 0 saturated heterocycles. The van der Waals surface area contributed by atoms with Crippen molar-refractivity contribution in [1.82, 2.24) is 15.5 Å². The summed E-state index contributed by atoms with van der Waals surface area (Å²) in [6.45, 7) is 0.930. The van der Waals surface area contributed by atoms with Crippen molar-refractivity contribution in [2.45, 2.75) is 12.8 Å². The Morgan fingerprint density at radius 2 is 1.81 bits per heavy atom. The van der Waals surface area contributed by atoms with E-state index in [1.54, 1.807) is 24.3 Å². The summed E-state index contributed by atoms with van der Waals surface area (Å²) in [5, 5.41) is 10.3. The Morgan fingerprint density at radius 1 is 1.22 bits per heavy atom. The Balaban J connectivity index is 0.000000646. The van der Waals surface area contributed by atoms with Crippen molar-refractivity contribution in [2.75, 3.05) is 13.1 Å². The summed E-state index contributed by atoms with van der Waals surface area (Å²) in [5.41, 5.74) is 10.7. The first-order valence-corrected chi connectivity index (χ1v) is 8.96. The summed E-state index contributed by atoms with van der Waals surface area (Å²) in [5.74, 6) is -0.135. The van der Waals surface area contributed by atoms with Gasteiger partial charge in [-0.25, -0.2) is 5.10 Å². The van der Waals surface area contributed by atoms with Crippen LogP contribution in [0.25, 0.3) is 10.8 Å². The zero-order valence-electron chi connectivity index (χ0n) is 14.1. The molecule has 13 heteroatoms. The van der Waals surface area contributed by atoms with Gasteiger partial charge in [0.15, 0.2) is 5.96 Å². The van der Waals surface area contributed by atoms with Crippen molar-refractivity contribution in [3.63, 3.8) is 0 Å². The molecule has 2 rings (SSSR count). The summed E-state index contributed by atoms with van der Waals surface area (Å²) in [6.07, 6.45) is 0.739. The van der Waals surface area contributed by atoms with Gasteiger partial charge in [-0.1, -0.05) is 18.2 Å². The summed E-state index contributed by atoms with van der Waals surface area (Å²) in [7, 11) is -4.67. The highest BCUT2D eigenvalue weighted by atomic mass is 32.3. The molecule has 0 saturated carbocycles. The van der Waals surface area contributed by atoms with Gasteiger partial charge in [0.25, 0.3) is 5.56 Å². The minimum absolute atomic E-state index is 0.0373. The zero-order chi connectivity index (χ0) is 20.4. The average Bonchev–Trinajstić information content (AvgIpc) is 2.55. The summed E-state index contributed by atoms with van der Waals surface area (Å²) in [6, 6.07) is 7.05. The molecule has 1 aromatic carbocycles. The van der Waals surface area contributed by atoms with Crippen LogP contribution in [0.3, 0.4) is 0 Å². The lowest BCUT2D eigenvalue weighted by molar-refractivity contribution is -0.120. The fraction of sp³-hybridized carbons (Fsp3) is 0.286. The number of carbonyl (C=O) groups excluding carboxylic acids is 1. The molecule has 0 spiro atoms. The lowest BCUT2D eigenvalue weighted by atomic mass is 10.1. The van der Waals surface area contributed by atoms with Gasteiger partial charge >= 0.3 is 10.4 Å². The van der Waals surface area contributed by atoms with E-state index in [9.17, 15) is 9.59 Å². The number of nitrogens with zero attached hydrogens (tertiary/aromatic N) is 2. The van der Waals surface area contributed by atoms with Crippen LogP contribution >= 0.6 is 0 Å². The minimum Gasteiger partial charge on any atom is -0.370 e. The van der Waals surface area contributed by atoms with Crippen LogP contribution in [0.4, 0.5) is 0 Å². The number of aliphatic imine (C=N–C) groups is 1. The monoisotopic (exact) mass is 400 g/mol. The van der Waals surface area contributed by atoms with E-state index in [4.69, 9.17) is 29.0 Å². The van der Waals surface area contributed by atoms with Crippen molar-refractivity contribution >= 4 is 33.0 Å². The van der Waals surface area contributed by atoms with Crippen LogP contribution in [0.15, 0.2) is 34.1 Å². The third-order valence-electron chi connectivity index (χ3n) is 3.05. The fourth-order valence-corrected chi connectivity index (χ4v) is 2.04. The molecular formula is C14H20N6O6S. The van der Waals surface area contributed by atoms with E-state index < -0.39 is 10.4 Å². The number of fused-ring (bicyclic) bond motifs is 1. The summed E-state index contributed by atoms with van der Waals surface area (Å²) >= 11 is 0. The largest absolute Gasteiger partial charge is 0.394 e. The number of nitrogens with one attached hydrogen (secondary N) is 2. The van der Waals surface area contributed by atoms with Gasteiger partial charge in [0.2, 0.25) is 5.91 Å². The molecule has 0 fully saturated rings. The fourth-order valence-electron chi connectivity index (χ4n) is 2.04. The van der Waals surface area contributed by atoms with Gasteiger partial charge in [-0.15, -0.1) is 0 Å². The number of amides is 1. The number of aromatic nitrogens is 2. The molecule has 2 aromatic rings. The van der Waals surface area contributed by atoms with Crippen LogP contribution in [0.1, 0.15) is 12.1 Å². The second kappa shape index (κ2) is 10.2. The first kappa shape index (κ1) is 22.0. The molecule has 0 aliphatic carbocycles. The third-order valence-corrected chi connectivity index (χ3v) is 3.05. The smallest absolute Gasteiger partial charge is 0.370 e. The van der Waals surface area contributed by atoms with Crippen molar-refractivity contribution in [3.8, 4) is 0 Å². The maximum absolute atomic E-state index is 11.9. The van der Waals surface area contributed by atoms with Crippen molar-refractivity contribution in [3.05, 3.63) is 40.3 Å². The highest BCUT2D eigenvalue weighted by Crippen LogP contribution is 2.12. The summed E-state index contributed by atoms with van der Waals surface area (Å²) in [4.78, 5) is 27.4. The lowest BCUT2D eigenvalue weighted by Gasteiger charge is -2.06. The second-order valence-corrected chi connectivity index (χ2v) is 6.08. The van der Waals surface area contributed by atoms with Crippen LogP contribution in [0, 0.1) is 0 Å².